The van der Waals surface area contributed by atoms with Crippen molar-refractivity contribution in [2.45, 2.75) is 108 Å². The van der Waals surface area contributed by atoms with Crippen molar-refractivity contribution in [2.75, 3.05) is 33.3 Å². The summed E-state index contributed by atoms with van der Waals surface area (Å²) in [5.41, 5.74) is 1.92. The number of esters is 1. The van der Waals surface area contributed by atoms with E-state index in [9.17, 15) is 9.59 Å². The van der Waals surface area contributed by atoms with E-state index in [2.05, 4.69) is 66.1 Å². The van der Waals surface area contributed by atoms with Gasteiger partial charge in [-0.25, -0.2) is 0 Å². The molecular weight excluding hydrogens is 548 g/mol. The van der Waals surface area contributed by atoms with E-state index in [0.717, 1.165) is 83.5 Å². The maximum absolute atomic E-state index is 13.9. The molecule has 3 atom stereocenters. The predicted octanol–water partition coefficient (Wildman–Crippen LogP) is 7.19. The second kappa shape index (κ2) is 14.6. The normalized spacial score (nSPS) is 25.4. The van der Waals surface area contributed by atoms with Crippen molar-refractivity contribution >= 4 is 11.9 Å². The van der Waals surface area contributed by atoms with Crippen molar-refractivity contribution < 1.29 is 19.1 Å². The van der Waals surface area contributed by atoms with Crippen LogP contribution in [0.3, 0.4) is 0 Å². The first-order valence-electron chi connectivity index (χ1n) is 17.1. The minimum atomic E-state index is -0.352. The number of carbonyl (C=O) groups is 2. The van der Waals surface area contributed by atoms with Crippen molar-refractivity contribution in [3.05, 3.63) is 65.7 Å². The number of amides is 1. The lowest BCUT2D eigenvalue weighted by Gasteiger charge is -2.61. The maximum atomic E-state index is 13.9. The highest BCUT2D eigenvalue weighted by Crippen LogP contribution is 2.55. The van der Waals surface area contributed by atoms with Gasteiger partial charge in [0.15, 0.2) is 0 Å². The molecule has 0 bridgehead atoms. The molecule has 0 aromatic heterocycles. The Labute approximate surface area is 265 Å². The van der Waals surface area contributed by atoms with Crippen LogP contribution in [0, 0.1) is 11.8 Å². The van der Waals surface area contributed by atoms with Crippen LogP contribution < -0.4 is 4.74 Å². The summed E-state index contributed by atoms with van der Waals surface area (Å²) in [5, 5.41) is 0. The lowest BCUT2D eigenvalue weighted by molar-refractivity contribution is -0.163. The number of piperidine rings is 1. The Morgan fingerprint density at radius 3 is 2.50 bits per heavy atom. The molecular formula is C38H54N2O4. The number of rotatable bonds is 14. The number of ether oxygens (including phenoxy) is 2. The summed E-state index contributed by atoms with van der Waals surface area (Å²) in [5.74, 6) is 1.79. The van der Waals surface area contributed by atoms with Crippen molar-refractivity contribution in [3.63, 3.8) is 0 Å². The van der Waals surface area contributed by atoms with Gasteiger partial charge in [-0.1, -0.05) is 62.7 Å². The van der Waals surface area contributed by atoms with E-state index in [1.165, 1.54) is 30.9 Å². The summed E-state index contributed by atoms with van der Waals surface area (Å²) in [6, 6.07) is 18.9. The summed E-state index contributed by atoms with van der Waals surface area (Å²) < 4.78 is 12.2. The Kier molecular flexibility index (Phi) is 10.8. The van der Waals surface area contributed by atoms with Gasteiger partial charge in [0.2, 0.25) is 5.91 Å². The van der Waals surface area contributed by atoms with Crippen molar-refractivity contribution in [3.8, 4) is 5.75 Å². The van der Waals surface area contributed by atoms with E-state index in [-0.39, 0.29) is 23.0 Å². The van der Waals surface area contributed by atoms with Crippen LogP contribution in [0.15, 0.2) is 54.6 Å². The number of aryl methyl sites for hydroxylation is 1. The standard InChI is InChI=1S/C38H54N2O4/c1-29(2)26-40(36(42)17-10-6-9-14-31-12-7-5-8-13-31)34-20-21-38(43-4)28-39(27-32-18-19-32)23-22-37(38,25-34)33-15-11-16-35(24-33)44-30(3)41/h5,7-8,11-13,15-16,24,29,32,34H,6,9-10,14,17-23,25-28H2,1-4H3/t34-,37-,38-/m0/s1. The minimum Gasteiger partial charge on any atom is -0.427 e. The molecule has 1 aliphatic heterocycles. The van der Waals surface area contributed by atoms with Crippen LogP contribution in [-0.2, 0) is 26.2 Å². The van der Waals surface area contributed by atoms with Crippen LogP contribution in [0.4, 0.5) is 0 Å². The quantitative estimate of drug-likeness (QED) is 0.130. The van der Waals surface area contributed by atoms with Crippen LogP contribution >= 0.6 is 0 Å². The molecule has 3 fully saturated rings. The highest BCUT2D eigenvalue weighted by atomic mass is 16.5. The number of unbranched alkanes of at least 4 members (excludes halogenated alkanes) is 2. The van der Waals surface area contributed by atoms with Gasteiger partial charge in [0.05, 0.1) is 5.60 Å². The van der Waals surface area contributed by atoms with E-state index >= 15 is 0 Å². The van der Waals surface area contributed by atoms with Crippen LogP contribution in [0.5, 0.6) is 5.75 Å². The van der Waals surface area contributed by atoms with Gasteiger partial charge in [-0.3, -0.25) is 9.59 Å². The monoisotopic (exact) mass is 602 g/mol. The Hall–Kier alpha value is -2.70. The molecule has 2 aromatic rings. The molecule has 6 nitrogen and oxygen atoms in total. The first kappa shape index (κ1) is 32.7. The molecule has 2 saturated carbocycles. The fraction of sp³-hybridized carbons (Fsp3) is 0.632. The molecule has 1 heterocycles. The molecule has 2 aromatic carbocycles. The molecule has 3 aliphatic rings. The number of nitrogens with zero attached hydrogens (tertiary/aromatic N) is 2. The number of methoxy groups -OCH3 is 1. The lowest BCUT2D eigenvalue weighted by atomic mass is 9.55. The first-order chi connectivity index (χ1) is 21.2. The molecule has 0 unspecified atom stereocenters. The maximum Gasteiger partial charge on any atom is 0.308 e. The minimum absolute atomic E-state index is 0.157. The summed E-state index contributed by atoms with van der Waals surface area (Å²) >= 11 is 0. The summed E-state index contributed by atoms with van der Waals surface area (Å²) in [4.78, 5) is 30.7. The van der Waals surface area contributed by atoms with Crippen molar-refractivity contribution in [1.29, 1.82) is 0 Å². The Balaban J connectivity index is 1.35. The molecule has 1 saturated heterocycles. The Morgan fingerprint density at radius 1 is 1.00 bits per heavy atom. The van der Waals surface area contributed by atoms with Gasteiger partial charge in [0.1, 0.15) is 5.75 Å². The SMILES string of the molecule is CO[C@]12CC[C@H](N(CC(C)C)C(=O)CCCCCc3ccccc3)C[C@]1(c1cccc(OC(C)=O)c1)CCN(CC1CC1)C2. The highest BCUT2D eigenvalue weighted by Gasteiger charge is 2.60. The number of carbonyl (C=O) groups excluding carboxylic acids is 2. The summed E-state index contributed by atoms with van der Waals surface area (Å²) in [6.45, 7) is 9.75. The van der Waals surface area contributed by atoms with Gasteiger partial charge >= 0.3 is 5.97 Å². The molecule has 5 rings (SSSR count). The molecule has 0 spiro atoms. The van der Waals surface area contributed by atoms with Gasteiger partial charge in [0, 0.05) is 51.5 Å². The third-order valence-corrected chi connectivity index (χ3v) is 10.4. The zero-order valence-corrected chi connectivity index (χ0v) is 27.6. The average molecular weight is 603 g/mol. The van der Waals surface area contributed by atoms with E-state index in [1.807, 2.05) is 19.2 Å². The summed E-state index contributed by atoms with van der Waals surface area (Å²) in [7, 11) is 1.89. The second-order valence-corrected chi connectivity index (χ2v) is 14.2. The number of hydrogen-bond donors (Lipinski definition) is 0. The van der Waals surface area contributed by atoms with Crippen LogP contribution in [0.1, 0.15) is 96.1 Å². The second-order valence-electron chi connectivity index (χ2n) is 14.2. The Bertz CT molecular complexity index is 1240. The molecule has 0 radical (unpaired) electrons. The smallest absolute Gasteiger partial charge is 0.308 e. The lowest BCUT2D eigenvalue weighted by Crippen LogP contribution is -2.68. The largest absolute Gasteiger partial charge is 0.427 e. The van der Waals surface area contributed by atoms with Crippen molar-refractivity contribution in [2.24, 2.45) is 11.8 Å². The number of hydrogen-bond acceptors (Lipinski definition) is 5. The molecule has 1 amide bonds. The molecule has 2 aliphatic carbocycles. The number of benzene rings is 2. The zero-order valence-electron chi connectivity index (χ0n) is 27.6. The third kappa shape index (κ3) is 7.74. The predicted molar refractivity (Wildman–Crippen MR) is 176 cm³/mol. The Morgan fingerprint density at radius 2 is 1.80 bits per heavy atom. The van der Waals surface area contributed by atoms with Crippen LogP contribution in [0.2, 0.25) is 0 Å². The zero-order chi connectivity index (χ0) is 31.2. The summed E-state index contributed by atoms with van der Waals surface area (Å²) in [6.07, 6.45) is 11.2. The fourth-order valence-corrected chi connectivity index (χ4v) is 8.10. The van der Waals surface area contributed by atoms with Gasteiger partial charge in [-0.05, 0) is 99.4 Å². The van der Waals surface area contributed by atoms with Crippen molar-refractivity contribution in [1.82, 2.24) is 9.80 Å². The molecule has 6 heteroatoms. The van der Waals surface area contributed by atoms with Crippen LogP contribution in [-0.4, -0.2) is 66.6 Å². The molecule has 0 N–H and O–H groups in total. The average Bonchev–Trinajstić information content (AvgIpc) is 3.83. The number of likely N-dealkylation sites (tertiary alicyclic amines) is 1. The topological polar surface area (TPSA) is 59.1 Å². The van der Waals surface area contributed by atoms with E-state index in [4.69, 9.17) is 9.47 Å². The van der Waals surface area contributed by atoms with E-state index in [1.54, 1.807) is 0 Å². The fourth-order valence-electron chi connectivity index (χ4n) is 8.10. The van der Waals surface area contributed by atoms with Gasteiger partial charge in [-0.15, -0.1) is 0 Å². The van der Waals surface area contributed by atoms with E-state index in [0.29, 0.717) is 24.0 Å². The highest BCUT2D eigenvalue weighted by molar-refractivity contribution is 5.76. The molecule has 240 valence electrons. The van der Waals surface area contributed by atoms with Gasteiger partial charge in [0.25, 0.3) is 0 Å². The molecule has 44 heavy (non-hydrogen) atoms. The van der Waals surface area contributed by atoms with Gasteiger partial charge in [-0.2, -0.15) is 0 Å². The third-order valence-electron chi connectivity index (χ3n) is 10.4. The van der Waals surface area contributed by atoms with E-state index < -0.39 is 0 Å². The first-order valence-corrected chi connectivity index (χ1v) is 17.1. The van der Waals surface area contributed by atoms with Gasteiger partial charge < -0.3 is 19.3 Å². The number of fused-ring (bicyclic) bond motifs is 1. The van der Waals surface area contributed by atoms with Crippen LogP contribution in [0.25, 0.3) is 0 Å².